The molecular weight excluding hydrogens is 322 g/mol. The Morgan fingerprint density at radius 1 is 1.20 bits per heavy atom. The molecule has 0 aliphatic carbocycles. The van der Waals surface area contributed by atoms with Gasteiger partial charge in [-0.15, -0.1) is 0 Å². The maximum Gasteiger partial charge on any atom is 0.161 e. The first-order valence-electron chi connectivity index (χ1n) is 6.77. The lowest BCUT2D eigenvalue weighted by atomic mass is 10.1. The van der Waals surface area contributed by atoms with Crippen molar-refractivity contribution in [3.8, 4) is 11.5 Å². The Morgan fingerprint density at radius 2 is 1.80 bits per heavy atom. The zero-order valence-corrected chi connectivity index (χ0v) is 14.2. The summed E-state index contributed by atoms with van der Waals surface area (Å²) in [5, 5.41) is 13.1. The number of benzene rings is 1. The first kappa shape index (κ1) is 17.3. The van der Waals surface area contributed by atoms with Crippen molar-refractivity contribution in [1.29, 1.82) is 0 Å². The number of rotatable bonds is 8. The molecule has 1 aromatic carbocycles. The van der Waals surface area contributed by atoms with Gasteiger partial charge in [0.05, 0.1) is 20.3 Å². The van der Waals surface area contributed by atoms with E-state index in [-0.39, 0.29) is 6.10 Å². The Kier molecular flexibility index (Phi) is 7.34. The lowest BCUT2D eigenvalue weighted by Crippen LogP contribution is -2.27. The molecule has 0 aromatic heterocycles. The summed E-state index contributed by atoms with van der Waals surface area (Å²) in [4.78, 5) is 0. The highest BCUT2D eigenvalue weighted by atomic mass is 79.9. The molecule has 0 bridgehead atoms. The first-order valence-corrected chi connectivity index (χ1v) is 7.56. The second-order valence-electron chi connectivity index (χ2n) is 5.21. The zero-order chi connectivity index (χ0) is 15.1. The topological polar surface area (TPSA) is 50.7 Å². The molecule has 20 heavy (non-hydrogen) atoms. The fourth-order valence-corrected chi connectivity index (χ4v) is 2.50. The van der Waals surface area contributed by atoms with Crippen molar-refractivity contribution in [1.82, 2.24) is 5.32 Å². The van der Waals surface area contributed by atoms with Gasteiger partial charge in [0.1, 0.15) is 0 Å². The van der Waals surface area contributed by atoms with Gasteiger partial charge in [-0.1, -0.05) is 29.8 Å². The minimum Gasteiger partial charge on any atom is -0.493 e. The summed E-state index contributed by atoms with van der Waals surface area (Å²) in [6, 6.07) is 3.82. The smallest absolute Gasteiger partial charge is 0.161 e. The highest BCUT2D eigenvalue weighted by Gasteiger charge is 2.10. The average molecular weight is 346 g/mol. The van der Waals surface area contributed by atoms with Crippen LogP contribution in [0.25, 0.3) is 0 Å². The number of aliphatic hydroxyl groups is 1. The predicted molar refractivity (Wildman–Crippen MR) is 84.4 cm³/mol. The molecule has 0 heterocycles. The van der Waals surface area contributed by atoms with Crippen molar-refractivity contribution in [3.63, 3.8) is 0 Å². The molecule has 2 N–H and O–H groups in total. The van der Waals surface area contributed by atoms with Crippen LogP contribution in [0.5, 0.6) is 11.5 Å². The van der Waals surface area contributed by atoms with Gasteiger partial charge in [-0.05, 0) is 30.0 Å². The zero-order valence-electron chi connectivity index (χ0n) is 12.6. The summed E-state index contributed by atoms with van der Waals surface area (Å²) in [7, 11) is 3.24. The molecule has 0 amide bonds. The van der Waals surface area contributed by atoms with E-state index in [9.17, 15) is 5.11 Å². The van der Waals surface area contributed by atoms with E-state index in [1.165, 1.54) is 0 Å². The Hall–Kier alpha value is -0.780. The monoisotopic (exact) mass is 345 g/mol. The summed E-state index contributed by atoms with van der Waals surface area (Å²) < 4.78 is 11.5. The van der Waals surface area contributed by atoms with Gasteiger partial charge < -0.3 is 19.9 Å². The summed E-state index contributed by atoms with van der Waals surface area (Å²) >= 11 is 3.52. The molecule has 0 saturated carbocycles. The fourth-order valence-electron chi connectivity index (χ4n) is 2.03. The molecule has 0 radical (unpaired) electrons. The predicted octanol–water partition coefficient (Wildman–Crippen LogP) is 2.96. The Bertz CT molecular complexity index is 424. The highest BCUT2D eigenvalue weighted by Crippen LogP contribution is 2.33. The van der Waals surface area contributed by atoms with E-state index in [0.717, 1.165) is 16.5 Å². The van der Waals surface area contributed by atoms with Crippen molar-refractivity contribution in [3.05, 3.63) is 22.2 Å². The number of hydrogen-bond acceptors (Lipinski definition) is 4. The Labute approximate surface area is 129 Å². The maximum absolute atomic E-state index is 9.83. The molecule has 0 spiro atoms. The van der Waals surface area contributed by atoms with Crippen LogP contribution in [0.3, 0.4) is 0 Å². The van der Waals surface area contributed by atoms with Crippen molar-refractivity contribution in [2.75, 3.05) is 20.8 Å². The average Bonchev–Trinajstić information content (AvgIpc) is 2.39. The molecular formula is C15H24BrNO3. The number of nitrogens with one attached hydrogen (secondary N) is 1. The third-order valence-corrected chi connectivity index (χ3v) is 3.73. The minimum absolute atomic E-state index is 0.311. The molecule has 0 aliphatic heterocycles. The van der Waals surface area contributed by atoms with Crippen LogP contribution in [0.4, 0.5) is 0 Å². The largest absolute Gasteiger partial charge is 0.493 e. The normalized spacial score (nSPS) is 12.6. The highest BCUT2D eigenvalue weighted by molar-refractivity contribution is 9.10. The van der Waals surface area contributed by atoms with Crippen molar-refractivity contribution in [2.45, 2.75) is 32.9 Å². The van der Waals surface area contributed by atoms with E-state index >= 15 is 0 Å². The van der Waals surface area contributed by atoms with Gasteiger partial charge in [0.15, 0.2) is 11.5 Å². The van der Waals surface area contributed by atoms with Crippen LogP contribution in [0.2, 0.25) is 0 Å². The van der Waals surface area contributed by atoms with E-state index in [2.05, 4.69) is 35.1 Å². The molecule has 5 heteroatoms. The Balaban J connectivity index is 2.60. The molecule has 0 saturated heterocycles. The molecule has 4 nitrogen and oxygen atoms in total. The fraction of sp³-hybridized carbons (Fsp3) is 0.600. The van der Waals surface area contributed by atoms with E-state index in [1.54, 1.807) is 14.2 Å². The van der Waals surface area contributed by atoms with Gasteiger partial charge in [-0.3, -0.25) is 0 Å². The Morgan fingerprint density at radius 3 is 2.35 bits per heavy atom. The second kappa shape index (κ2) is 8.49. The number of ether oxygens (including phenoxy) is 2. The van der Waals surface area contributed by atoms with E-state index < -0.39 is 0 Å². The van der Waals surface area contributed by atoms with Crippen molar-refractivity contribution < 1.29 is 14.6 Å². The SMILES string of the molecule is COc1cc(Br)c(CNCC(O)CC(C)C)cc1OC. The van der Waals surface area contributed by atoms with E-state index in [4.69, 9.17) is 9.47 Å². The van der Waals surface area contributed by atoms with Crippen LogP contribution in [0.1, 0.15) is 25.8 Å². The van der Waals surface area contributed by atoms with Crippen LogP contribution in [0, 0.1) is 5.92 Å². The number of hydrogen-bond donors (Lipinski definition) is 2. The molecule has 1 aromatic rings. The van der Waals surface area contributed by atoms with E-state index in [1.807, 2.05) is 12.1 Å². The molecule has 1 atom stereocenters. The number of halogens is 1. The van der Waals surface area contributed by atoms with Crippen LogP contribution >= 0.6 is 15.9 Å². The summed E-state index contributed by atoms with van der Waals surface area (Å²) in [5.74, 6) is 1.90. The maximum atomic E-state index is 9.83. The second-order valence-corrected chi connectivity index (χ2v) is 6.07. The third kappa shape index (κ3) is 5.31. The molecule has 0 fully saturated rings. The van der Waals surface area contributed by atoms with Gasteiger partial charge in [-0.25, -0.2) is 0 Å². The molecule has 0 aliphatic rings. The number of aliphatic hydroxyl groups excluding tert-OH is 1. The van der Waals surface area contributed by atoms with E-state index in [0.29, 0.717) is 30.5 Å². The molecule has 114 valence electrons. The standard InChI is InChI=1S/C15H24BrNO3/c1-10(2)5-12(18)9-17-8-11-6-14(19-3)15(20-4)7-13(11)16/h6-7,10,12,17-18H,5,8-9H2,1-4H3. The number of methoxy groups -OCH3 is 2. The third-order valence-electron chi connectivity index (χ3n) is 2.99. The lowest BCUT2D eigenvalue weighted by Gasteiger charge is -2.15. The van der Waals surface area contributed by atoms with Crippen molar-refractivity contribution in [2.24, 2.45) is 5.92 Å². The quantitative estimate of drug-likeness (QED) is 0.760. The van der Waals surface area contributed by atoms with Crippen LogP contribution in [-0.2, 0) is 6.54 Å². The molecule has 1 rings (SSSR count). The summed E-state index contributed by atoms with van der Waals surface area (Å²) in [6.45, 7) is 5.46. The van der Waals surface area contributed by atoms with Crippen LogP contribution in [-0.4, -0.2) is 32.0 Å². The van der Waals surface area contributed by atoms with Crippen LogP contribution in [0.15, 0.2) is 16.6 Å². The molecule has 1 unspecified atom stereocenters. The van der Waals surface area contributed by atoms with Gasteiger partial charge in [-0.2, -0.15) is 0 Å². The minimum atomic E-state index is -0.311. The summed E-state index contributed by atoms with van der Waals surface area (Å²) in [5.41, 5.74) is 1.07. The van der Waals surface area contributed by atoms with Gasteiger partial charge in [0, 0.05) is 17.6 Å². The van der Waals surface area contributed by atoms with Crippen molar-refractivity contribution >= 4 is 15.9 Å². The van der Waals surface area contributed by atoms with Gasteiger partial charge >= 0.3 is 0 Å². The van der Waals surface area contributed by atoms with Gasteiger partial charge in [0.2, 0.25) is 0 Å². The summed E-state index contributed by atoms with van der Waals surface area (Å²) in [6.07, 6.45) is 0.494. The first-order chi connectivity index (χ1) is 9.47. The lowest BCUT2D eigenvalue weighted by molar-refractivity contribution is 0.146. The van der Waals surface area contributed by atoms with Gasteiger partial charge in [0.25, 0.3) is 0 Å². The van der Waals surface area contributed by atoms with Crippen LogP contribution < -0.4 is 14.8 Å².